The number of carbonyl (C=O) groups excluding carboxylic acids is 1. The van der Waals surface area contributed by atoms with E-state index in [9.17, 15) is 23.8 Å². The van der Waals surface area contributed by atoms with Crippen molar-refractivity contribution in [1.29, 1.82) is 0 Å². The van der Waals surface area contributed by atoms with E-state index in [1.54, 1.807) is 0 Å². The Kier molecular flexibility index (Phi) is 3.78. The maximum Gasteiger partial charge on any atom is 0.309 e. The summed E-state index contributed by atoms with van der Waals surface area (Å²) in [6, 6.07) is 0. The van der Waals surface area contributed by atoms with Gasteiger partial charge < -0.3 is 25.4 Å². The smallest absolute Gasteiger partial charge is 0.309 e. The van der Waals surface area contributed by atoms with Crippen molar-refractivity contribution in [3.63, 3.8) is 0 Å². The van der Waals surface area contributed by atoms with Crippen LogP contribution in [0.15, 0.2) is 12.7 Å². The van der Waals surface area contributed by atoms with Crippen LogP contribution in [0.25, 0.3) is 11.2 Å². The monoisotopic (exact) mass is 371 g/mol. The fraction of sp³-hybridized carbons (Fsp3) is 0.571. The highest BCUT2D eigenvalue weighted by molar-refractivity contribution is 5.81. The van der Waals surface area contributed by atoms with Gasteiger partial charge in [-0.1, -0.05) is 0 Å². The summed E-state index contributed by atoms with van der Waals surface area (Å²) in [5, 5.41) is 20.4. The Hall–Kier alpha value is -2.44. The standard InChI is InChI=1S/C14H15F2N5O5/c15-14(16)2-6(14)26-7(22)1-5-9(23)10(24)13(25-5)21-4-20-8-11(17)18-3-19-12(8)21/h3-6,9-10,13,23-24H,1-2H2,(H2,17,18,19)/t5-,6?,9-,10-,13?/m1/s1. The van der Waals surface area contributed by atoms with Gasteiger partial charge in [-0.05, 0) is 0 Å². The van der Waals surface area contributed by atoms with Crippen molar-refractivity contribution in [1.82, 2.24) is 19.5 Å². The van der Waals surface area contributed by atoms with Crippen molar-refractivity contribution < 1.29 is 33.3 Å². The minimum Gasteiger partial charge on any atom is -0.456 e. The maximum atomic E-state index is 12.8. The van der Waals surface area contributed by atoms with E-state index in [2.05, 4.69) is 19.7 Å². The third-order valence-corrected chi connectivity index (χ3v) is 4.41. The molecular weight excluding hydrogens is 356 g/mol. The summed E-state index contributed by atoms with van der Waals surface area (Å²) in [5.74, 6) is -3.80. The number of esters is 1. The van der Waals surface area contributed by atoms with Gasteiger partial charge >= 0.3 is 5.97 Å². The first-order valence-electron chi connectivity index (χ1n) is 7.80. The Balaban J connectivity index is 1.49. The predicted octanol–water partition coefficient (Wildman–Crippen LogP) is -0.631. The first-order valence-corrected chi connectivity index (χ1v) is 7.80. The van der Waals surface area contributed by atoms with E-state index in [4.69, 9.17) is 10.5 Å². The zero-order valence-corrected chi connectivity index (χ0v) is 13.2. The van der Waals surface area contributed by atoms with Gasteiger partial charge in [0.05, 0.1) is 25.3 Å². The van der Waals surface area contributed by atoms with Crippen LogP contribution in [0.2, 0.25) is 0 Å². The molecular formula is C14H15F2N5O5. The number of nitrogens with two attached hydrogens (primary N) is 1. The summed E-state index contributed by atoms with van der Waals surface area (Å²) in [6.07, 6.45) is -4.97. The number of aromatic nitrogens is 4. The number of aliphatic hydroxyl groups is 2. The van der Waals surface area contributed by atoms with Crippen molar-refractivity contribution in [2.45, 2.75) is 49.4 Å². The fourth-order valence-electron chi connectivity index (χ4n) is 2.87. The summed E-state index contributed by atoms with van der Waals surface area (Å²) in [7, 11) is 0. The van der Waals surface area contributed by atoms with Crippen LogP contribution in [-0.2, 0) is 14.3 Å². The highest BCUT2D eigenvalue weighted by Gasteiger charge is 2.60. The number of halogens is 2. The van der Waals surface area contributed by atoms with E-state index >= 15 is 0 Å². The lowest BCUT2D eigenvalue weighted by atomic mass is 10.1. The molecule has 0 radical (unpaired) electrons. The van der Waals surface area contributed by atoms with Crippen molar-refractivity contribution in [3.8, 4) is 0 Å². The Labute approximate surface area is 144 Å². The average Bonchev–Trinajstić information content (AvgIpc) is 2.91. The van der Waals surface area contributed by atoms with Crippen LogP contribution in [0.5, 0.6) is 0 Å². The highest BCUT2D eigenvalue weighted by atomic mass is 19.3. The number of aliphatic hydroxyl groups excluding tert-OH is 2. The lowest BCUT2D eigenvalue weighted by Crippen LogP contribution is -2.33. The van der Waals surface area contributed by atoms with E-state index in [1.165, 1.54) is 17.2 Å². The Bertz CT molecular complexity index is 861. The van der Waals surface area contributed by atoms with E-state index in [0.29, 0.717) is 0 Å². The molecule has 2 unspecified atom stereocenters. The number of hydrogen-bond donors (Lipinski definition) is 3. The number of hydrogen-bond acceptors (Lipinski definition) is 9. The van der Waals surface area contributed by atoms with Crippen molar-refractivity contribution in [2.75, 3.05) is 5.73 Å². The Morgan fingerprint density at radius 3 is 2.81 bits per heavy atom. The zero-order chi connectivity index (χ0) is 18.6. The molecule has 4 rings (SSSR count). The molecule has 2 aromatic heterocycles. The van der Waals surface area contributed by atoms with Gasteiger partial charge in [0.2, 0.25) is 0 Å². The third kappa shape index (κ3) is 2.75. The van der Waals surface area contributed by atoms with Crippen LogP contribution in [0.4, 0.5) is 14.6 Å². The molecule has 12 heteroatoms. The van der Waals surface area contributed by atoms with Gasteiger partial charge in [0.1, 0.15) is 24.1 Å². The summed E-state index contributed by atoms with van der Waals surface area (Å²) in [4.78, 5) is 23.6. The van der Waals surface area contributed by atoms with Crippen molar-refractivity contribution in [2.24, 2.45) is 0 Å². The van der Waals surface area contributed by atoms with Gasteiger partial charge in [0.25, 0.3) is 5.92 Å². The predicted molar refractivity (Wildman–Crippen MR) is 79.7 cm³/mol. The van der Waals surface area contributed by atoms with Gasteiger partial charge in [-0.25, -0.2) is 23.7 Å². The summed E-state index contributed by atoms with van der Waals surface area (Å²) in [5.41, 5.74) is 6.26. The van der Waals surface area contributed by atoms with Crippen molar-refractivity contribution in [3.05, 3.63) is 12.7 Å². The maximum absolute atomic E-state index is 12.8. The number of carbonyl (C=O) groups is 1. The lowest BCUT2D eigenvalue weighted by molar-refractivity contribution is -0.153. The lowest BCUT2D eigenvalue weighted by Gasteiger charge is -2.16. The second-order valence-corrected chi connectivity index (χ2v) is 6.28. The first-order chi connectivity index (χ1) is 12.3. The van der Waals surface area contributed by atoms with Crippen LogP contribution >= 0.6 is 0 Å². The van der Waals surface area contributed by atoms with Gasteiger partial charge in [-0.3, -0.25) is 9.36 Å². The molecule has 26 heavy (non-hydrogen) atoms. The van der Waals surface area contributed by atoms with E-state index in [0.717, 1.165) is 0 Å². The quantitative estimate of drug-likeness (QED) is 0.598. The molecule has 1 saturated heterocycles. The average molecular weight is 371 g/mol. The van der Waals surface area contributed by atoms with Gasteiger partial charge in [0.15, 0.2) is 23.8 Å². The number of fused-ring (bicyclic) bond motifs is 1. The second-order valence-electron chi connectivity index (χ2n) is 6.28. The van der Waals surface area contributed by atoms with Crippen LogP contribution in [-0.4, -0.2) is 66.0 Å². The fourth-order valence-corrected chi connectivity index (χ4v) is 2.87. The molecule has 0 spiro atoms. The molecule has 1 saturated carbocycles. The normalized spacial score (nSPS) is 32.7. The van der Waals surface area contributed by atoms with Crippen LogP contribution in [0.3, 0.4) is 0 Å². The summed E-state index contributed by atoms with van der Waals surface area (Å²) < 4.78 is 37.1. The van der Waals surface area contributed by atoms with Crippen LogP contribution < -0.4 is 5.73 Å². The second kappa shape index (κ2) is 5.79. The number of nitrogen functional groups attached to an aromatic ring is 1. The number of rotatable bonds is 4. The van der Waals surface area contributed by atoms with Crippen molar-refractivity contribution >= 4 is 23.0 Å². The minimum absolute atomic E-state index is 0.132. The van der Waals surface area contributed by atoms with Gasteiger partial charge in [-0.15, -0.1) is 0 Å². The van der Waals surface area contributed by atoms with Crippen LogP contribution in [0, 0.1) is 0 Å². The molecule has 2 aliphatic rings. The number of nitrogens with zero attached hydrogens (tertiary/aromatic N) is 4. The molecule has 0 bridgehead atoms. The summed E-state index contributed by atoms with van der Waals surface area (Å²) >= 11 is 0. The minimum atomic E-state index is -3.00. The summed E-state index contributed by atoms with van der Waals surface area (Å²) in [6.45, 7) is 0. The molecule has 3 heterocycles. The molecule has 1 aliphatic heterocycles. The van der Waals surface area contributed by atoms with E-state index < -0.39 is 55.4 Å². The molecule has 0 aromatic carbocycles. The molecule has 140 valence electrons. The zero-order valence-electron chi connectivity index (χ0n) is 13.2. The topological polar surface area (TPSA) is 146 Å². The SMILES string of the molecule is Nc1ncnc2c1ncn2C1O[C@H](CC(=O)OC2CC2(F)F)[C@@H](O)[C@H]1O. The Morgan fingerprint density at radius 1 is 1.38 bits per heavy atom. The van der Waals surface area contributed by atoms with Gasteiger partial charge in [0, 0.05) is 0 Å². The molecule has 0 amide bonds. The number of ether oxygens (including phenoxy) is 2. The molecule has 2 aromatic rings. The van der Waals surface area contributed by atoms with Crippen LogP contribution in [0.1, 0.15) is 19.1 Å². The first kappa shape index (κ1) is 17.0. The number of alkyl halides is 2. The Morgan fingerprint density at radius 2 is 2.12 bits per heavy atom. The molecule has 4 N–H and O–H groups in total. The third-order valence-electron chi connectivity index (χ3n) is 4.41. The molecule has 1 aliphatic carbocycles. The van der Waals surface area contributed by atoms with E-state index in [-0.39, 0.29) is 17.0 Å². The van der Waals surface area contributed by atoms with Gasteiger partial charge in [-0.2, -0.15) is 0 Å². The number of anilines is 1. The molecule has 10 nitrogen and oxygen atoms in total. The molecule has 5 atom stereocenters. The highest BCUT2D eigenvalue weighted by Crippen LogP contribution is 2.44. The largest absolute Gasteiger partial charge is 0.456 e. The number of imidazole rings is 1. The molecule has 2 fully saturated rings. The van der Waals surface area contributed by atoms with E-state index in [1.807, 2.05) is 0 Å².